The van der Waals surface area contributed by atoms with Gasteiger partial charge in [0.05, 0.1) is 0 Å². The van der Waals surface area contributed by atoms with Crippen LogP contribution in [0.15, 0.2) is 0 Å². The molecule has 0 bridgehead atoms. The number of hydrogen-bond donors (Lipinski definition) is 2. The van der Waals surface area contributed by atoms with Crippen LogP contribution in [0.1, 0.15) is 19.8 Å². The van der Waals surface area contributed by atoms with Gasteiger partial charge in [-0.15, -0.1) is 12.4 Å². The van der Waals surface area contributed by atoms with Crippen LogP contribution in [-0.2, 0) is 4.79 Å². The molecule has 0 radical (unpaired) electrons. The van der Waals surface area contributed by atoms with Gasteiger partial charge in [-0.25, -0.2) is 4.79 Å². The summed E-state index contributed by atoms with van der Waals surface area (Å²) >= 11 is 0. The molecule has 5 nitrogen and oxygen atoms in total. The third-order valence-electron chi connectivity index (χ3n) is 3.53. The van der Waals surface area contributed by atoms with Crippen molar-refractivity contribution in [3.8, 4) is 0 Å². The number of hydrogen-bond acceptors (Lipinski definition) is 3. The predicted octanol–water partition coefficient (Wildman–Crippen LogP) is 0.348. The lowest BCUT2D eigenvalue weighted by molar-refractivity contribution is -0.131. The number of rotatable bonds is 1. The minimum atomic E-state index is -0.709. The maximum atomic E-state index is 12.0. The zero-order valence-corrected chi connectivity index (χ0v) is 10.4. The van der Waals surface area contributed by atoms with Crippen molar-refractivity contribution in [2.24, 2.45) is 5.92 Å². The smallest absolute Gasteiger partial charge is 0.323 e. The van der Waals surface area contributed by atoms with E-state index in [4.69, 9.17) is 0 Å². The Morgan fingerprint density at radius 2 is 2.12 bits per heavy atom. The number of nitrogens with one attached hydrogen (secondary N) is 2. The van der Waals surface area contributed by atoms with Crippen molar-refractivity contribution in [2.75, 3.05) is 20.1 Å². The molecule has 2 saturated heterocycles. The molecule has 92 valence electrons. The molecule has 2 aliphatic rings. The van der Waals surface area contributed by atoms with Gasteiger partial charge in [0.1, 0.15) is 5.54 Å². The molecule has 2 atom stereocenters. The van der Waals surface area contributed by atoms with Crippen LogP contribution in [0.25, 0.3) is 0 Å². The van der Waals surface area contributed by atoms with Crippen molar-refractivity contribution in [1.82, 2.24) is 15.5 Å². The predicted molar refractivity (Wildman–Crippen MR) is 62.5 cm³/mol. The van der Waals surface area contributed by atoms with Gasteiger partial charge in [0, 0.05) is 19.5 Å². The fraction of sp³-hybridized carbons (Fsp3) is 0.800. The standard InChI is InChI=1S/C10H17N3O2.ClH/c1-10(7-4-3-5-11-6-7)8(14)13(2)9(15)12-10;/h7,11H,3-6H2,1-2H3,(H,12,15);1H. The average Bonchev–Trinajstić information content (AvgIpc) is 2.45. The number of imide groups is 1. The first-order chi connectivity index (χ1) is 7.05. The molecule has 2 rings (SSSR count). The van der Waals surface area contributed by atoms with E-state index in [0.717, 1.165) is 25.9 Å². The molecule has 16 heavy (non-hydrogen) atoms. The first-order valence-electron chi connectivity index (χ1n) is 5.36. The van der Waals surface area contributed by atoms with E-state index in [-0.39, 0.29) is 30.3 Å². The largest absolute Gasteiger partial charge is 0.324 e. The number of carbonyl (C=O) groups is 2. The Morgan fingerprint density at radius 1 is 1.44 bits per heavy atom. The molecular formula is C10H18ClN3O2. The number of amides is 3. The molecule has 2 heterocycles. The van der Waals surface area contributed by atoms with E-state index in [0.29, 0.717) is 0 Å². The lowest BCUT2D eigenvalue weighted by Crippen LogP contribution is -2.55. The topological polar surface area (TPSA) is 61.4 Å². The van der Waals surface area contributed by atoms with Gasteiger partial charge in [0.15, 0.2) is 0 Å². The second-order valence-corrected chi connectivity index (χ2v) is 4.54. The Hall–Kier alpha value is -0.810. The van der Waals surface area contributed by atoms with Crippen LogP contribution in [0.5, 0.6) is 0 Å². The van der Waals surface area contributed by atoms with Gasteiger partial charge in [-0.05, 0) is 26.3 Å². The van der Waals surface area contributed by atoms with Crippen LogP contribution in [0.4, 0.5) is 4.79 Å². The summed E-state index contributed by atoms with van der Waals surface area (Å²) in [7, 11) is 1.53. The van der Waals surface area contributed by atoms with Gasteiger partial charge in [-0.2, -0.15) is 0 Å². The van der Waals surface area contributed by atoms with E-state index in [1.54, 1.807) is 0 Å². The third-order valence-corrected chi connectivity index (χ3v) is 3.53. The van der Waals surface area contributed by atoms with Crippen molar-refractivity contribution in [2.45, 2.75) is 25.3 Å². The highest BCUT2D eigenvalue weighted by atomic mass is 35.5. The van der Waals surface area contributed by atoms with Crippen molar-refractivity contribution in [1.29, 1.82) is 0 Å². The molecule has 6 heteroatoms. The molecular weight excluding hydrogens is 230 g/mol. The average molecular weight is 248 g/mol. The zero-order chi connectivity index (χ0) is 11.1. The quantitative estimate of drug-likeness (QED) is 0.658. The number of piperidine rings is 1. The molecule has 2 fully saturated rings. The molecule has 0 aromatic heterocycles. The van der Waals surface area contributed by atoms with Crippen molar-refractivity contribution < 1.29 is 9.59 Å². The molecule has 3 amide bonds. The number of halogens is 1. The number of urea groups is 1. The summed E-state index contributed by atoms with van der Waals surface area (Å²) in [6.07, 6.45) is 2.05. The zero-order valence-electron chi connectivity index (χ0n) is 9.58. The summed E-state index contributed by atoms with van der Waals surface area (Å²) < 4.78 is 0. The molecule has 0 aromatic carbocycles. The lowest BCUT2D eigenvalue weighted by Gasteiger charge is -2.34. The minimum absolute atomic E-state index is 0. The fourth-order valence-corrected chi connectivity index (χ4v) is 2.42. The Bertz CT molecular complexity index is 304. The highest BCUT2D eigenvalue weighted by Crippen LogP contribution is 2.29. The Kier molecular flexibility index (Phi) is 3.80. The summed E-state index contributed by atoms with van der Waals surface area (Å²) in [5.74, 6) is 0.0915. The van der Waals surface area contributed by atoms with Gasteiger partial charge in [0.25, 0.3) is 5.91 Å². The van der Waals surface area contributed by atoms with Gasteiger partial charge < -0.3 is 10.6 Å². The molecule has 0 saturated carbocycles. The summed E-state index contributed by atoms with van der Waals surface area (Å²) in [5, 5.41) is 6.06. The summed E-state index contributed by atoms with van der Waals surface area (Å²) in [5.41, 5.74) is -0.709. The van der Waals surface area contributed by atoms with Crippen LogP contribution in [-0.4, -0.2) is 42.5 Å². The molecule has 0 aromatic rings. The third kappa shape index (κ3) is 1.89. The monoisotopic (exact) mass is 247 g/mol. The van der Waals surface area contributed by atoms with E-state index in [9.17, 15) is 9.59 Å². The van der Waals surface area contributed by atoms with Crippen molar-refractivity contribution in [3.63, 3.8) is 0 Å². The number of nitrogens with zero attached hydrogens (tertiary/aromatic N) is 1. The van der Waals surface area contributed by atoms with Crippen LogP contribution in [0, 0.1) is 5.92 Å². The van der Waals surface area contributed by atoms with E-state index in [1.165, 1.54) is 11.9 Å². The highest BCUT2D eigenvalue weighted by molar-refractivity contribution is 6.06. The maximum Gasteiger partial charge on any atom is 0.324 e. The van der Waals surface area contributed by atoms with Crippen LogP contribution in [0.2, 0.25) is 0 Å². The van der Waals surface area contributed by atoms with E-state index >= 15 is 0 Å². The summed E-state index contributed by atoms with van der Waals surface area (Å²) in [4.78, 5) is 24.5. The summed E-state index contributed by atoms with van der Waals surface area (Å²) in [6, 6.07) is -0.284. The van der Waals surface area contributed by atoms with E-state index < -0.39 is 5.54 Å². The normalized spacial score (nSPS) is 34.6. The Labute approximate surface area is 101 Å². The van der Waals surface area contributed by atoms with Gasteiger partial charge in [0.2, 0.25) is 0 Å². The highest BCUT2D eigenvalue weighted by Gasteiger charge is 2.50. The molecule has 0 spiro atoms. The molecule has 0 aliphatic carbocycles. The van der Waals surface area contributed by atoms with E-state index in [2.05, 4.69) is 10.6 Å². The molecule has 2 aliphatic heterocycles. The van der Waals surface area contributed by atoms with Crippen LogP contribution in [0.3, 0.4) is 0 Å². The summed E-state index contributed by atoms with van der Waals surface area (Å²) in [6.45, 7) is 3.63. The second-order valence-electron chi connectivity index (χ2n) is 4.54. The minimum Gasteiger partial charge on any atom is -0.323 e. The number of likely N-dealkylation sites (N-methyl/N-ethyl adjacent to an activating group) is 1. The molecule has 2 unspecified atom stereocenters. The fourth-order valence-electron chi connectivity index (χ4n) is 2.42. The van der Waals surface area contributed by atoms with Crippen molar-refractivity contribution >= 4 is 24.3 Å². The lowest BCUT2D eigenvalue weighted by atomic mass is 9.80. The van der Waals surface area contributed by atoms with Crippen LogP contribution >= 0.6 is 12.4 Å². The number of carbonyl (C=O) groups excluding carboxylic acids is 2. The second kappa shape index (κ2) is 4.59. The maximum absolute atomic E-state index is 12.0. The first kappa shape index (κ1) is 13.3. The van der Waals surface area contributed by atoms with Gasteiger partial charge in [-0.3, -0.25) is 9.69 Å². The molecule has 2 N–H and O–H groups in total. The first-order valence-corrected chi connectivity index (χ1v) is 5.36. The van der Waals surface area contributed by atoms with Gasteiger partial charge in [-0.1, -0.05) is 0 Å². The Balaban J connectivity index is 0.00000128. The Morgan fingerprint density at radius 3 is 2.56 bits per heavy atom. The van der Waals surface area contributed by atoms with Gasteiger partial charge >= 0.3 is 6.03 Å². The van der Waals surface area contributed by atoms with Crippen molar-refractivity contribution in [3.05, 3.63) is 0 Å². The van der Waals surface area contributed by atoms with E-state index in [1.807, 2.05) is 6.92 Å². The van der Waals surface area contributed by atoms with Crippen LogP contribution < -0.4 is 10.6 Å². The SMILES string of the molecule is CN1C(=O)NC(C)(C2CCCNC2)C1=O.Cl.